The zero-order chi connectivity index (χ0) is 63.4. The van der Waals surface area contributed by atoms with Crippen LogP contribution in [0.2, 0.25) is 0 Å². The molecule has 33 atom stereocenters. The van der Waals surface area contributed by atoms with Crippen LogP contribution in [0.3, 0.4) is 0 Å². The van der Waals surface area contributed by atoms with Gasteiger partial charge in [-0.25, -0.2) is 0 Å². The maximum absolute atomic E-state index is 11.5. The van der Waals surface area contributed by atoms with Crippen LogP contribution in [0.4, 0.5) is 0 Å². The average Bonchev–Trinajstić information content (AvgIpc) is 1.30. The number of aliphatic carboxylic acids is 3. The number of carbonyl (C=O) groups is 3. The van der Waals surface area contributed by atoms with Gasteiger partial charge in [0, 0.05) is 17.9 Å². The predicted molar refractivity (Wildman–Crippen MR) is 322 cm³/mol. The third kappa shape index (κ3) is 12.4. The second-order valence-electron chi connectivity index (χ2n) is 34.2. The standard InChI is InChI=1S/3C24H40O5.Gd/c3*1-13(4-7-21(28)29)16-5-6-17-22-18(12-20(27)24(16,17)3)23(2)9-8-15(25)10-14(23)11-19(22)26;/h3*13-20,22,25-27H,4-12H2,1-3H3,(H,28,29);/q;;;+3/p-3/t3*13-,14+,15-,16-,17+,18+,19-,20+,22+,23+,24-;/m111./s1. The smallest absolute Gasteiger partial charge is 0.550 e. The quantitative estimate of drug-likeness (QED) is 0.103. The summed E-state index contributed by atoms with van der Waals surface area (Å²) in [7, 11) is 0. The predicted octanol–water partition coefficient (Wildman–Crippen LogP) is 6.34. The molecular formula is C72H117GdO15. The largest absolute Gasteiger partial charge is 3.00 e. The van der Waals surface area contributed by atoms with Crippen LogP contribution in [0, 0.1) is 179 Å². The van der Waals surface area contributed by atoms with E-state index in [2.05, 4.69) is 62.3 Å². The summed E-state index contributed by atoms with van der Waals surface area (Å²) in [5.41, 5.74) is -0.515. The van der Waals surface area contributed by atoms with Crippen molar-refractivity contribution < 1.29 is 116 Å². The van der Waals surface area contributed by atoms with Gasteiger partial charge in [-0.2, -0.15) is 0 Å². The van der Waals surface area contributed by atoms with Crippen LogP contribution >= 0.6 is 0 Å². The number of fused-ring (bicyclic) bond motifs is 15. The van der Waals surface area contributed by atoms with Crippen molar-refractivity contribution in [1.29, 1.82) is 0 Å². The van der Waals surface area contributed by atoms with Gasteiger partial charge in [0.05, 0.1) is 54.9 Å². The normalized spacial score (nSPS) is 52.3. The number of hydrogen-bond donors (Lipinski definition) is 9. The summed E-state index contributed by atoms with van der Waals surface area (Å²) in [5.74, 6) is 1.90. The molecule has 0 bridgehead atoms. The molecule has 12 aliphatic rings. The molecule has 88 heavy (non-hydrogen) atoms. The van der Waals surface area contributed by atoms with E-state index in [-0.39, 0.29) is 199 Å². The fourth-order valence-electron chi connectivity index (χ4n) is 26.0. The van der Waals surface area contributed by atoms with E-state index in [4.69, 9.17) is 0 Å². The van der Waals surface area contributed by atoms with Crippen molar-refractivity contribution >= 4 is 17.9 Å². The van der Waals surface area contributed by atoms with E-state index >= 15 is 0 Å². The third-order valence-electron chi connectivity index (χ3n) is 31.0. The molecule has 0 saturated heterocycles. The van der Waals surface area contributed by atoms with E-state index in [1.807, 2.05) is 0 Å². The molecule has 0 aliphatic heterocycles. The summed E-state index contributed by atoms with van der Waals surface area (Å²) >= 11 is 0. The van der Waals surface area contributed by atoms with Crippen LogP contribution in [0.15, 0.2) is 0 Å². The van der Waals surface area contributed by atoms with Crippen LogP contribution in [-0.2, 0) is 14.4 Å². The maximum Gasteiger partial charge on any atom is 3.00 e. The Bertz CT molecular complexity index is 2170. The van der Waals surface area contributed by atoms with E-state index < -0.39 is 36.2 Å². The number of carboxylic acid groups (broad SMARTS) is 3. The molecule has 9 N–H and O–H groups in total. The van der Waals surface area contributed by atoms with Gasteiger partial charge in [0.25, 0.3) is 0 Å². The Morgan fingerprint density at radius 2 is 0.602 bits per heavy atom. The topological polar surface area (TPSA) is 302 Å². The van der Waals surface area contributed by atoms with Crippen LogP contribution < -0.4 is 15.3 Å². The Labute approximate surface area is 559 Å². The molecule has 0 aromatic heterocycles. The third-order valence-corrected chi connectivity index (χ3v) is 31.0. The van der Waals surface area contributed by atoms with Crippen LogP contribution in [-0.4, -0.2) is 119 Å². The Morgan fingerprint density at radius 3 is 0.830 bits per heavy atom. The van der Waals surface area contributed by atoms with Crippen molar-refractivity contribution in [2.45, 2.75) is 291 Å². The summed E-state index contributed by atoms with van der Waals surface area (Å²) < 4.78 is 0. The Balaban J connectivity index is 0.000000156. The minimum absolute atomic E-state index is 0. The second kappa shape index (κ2) is 27.1. The van der Waals surface area contributed by atoms with Gasteiger partial charge in [-0.1, -0.05) is 62.3 Å². The van der Waals surface area contributed by atoms with E-state index in [0.717, 1.165) is 135 Å². The van der Waals surface area contributed by atoms with Crippen LogP contribution in [0.5, 0.6) is 0 Å². The Hall–Kier alpha value is -0.625. The van der Waals surface area contributed by atoms with Crippen molar-refractivity contribution in [3.05, 3.63) is 0 Å². The van der Waals surface area contributed by atoms with Crippen molar-refractivity contribution in [3.8, 4) is 0 Å². The van der Waals surface area contributed by atoms with Crippen molar-refractivity contribution in [2.75, 3.05) is 0 Å². The molecule has 12 rings (SSSR count). The molecule has 16 heteroatoms. The van der Waals surface area contributed by atoms with Crippen molar-refractivity contribution in [1.82, 2.24) is 0 Å². The Kier molecular flexibility index (Phi) is 22.1. The fraction of sp³-hybridized carbons (Fsp3) is 0.958. The van der Waals surface area contributed by atoms with Gasteiger partial charge in [-0.15, -0.1) is 0 Å². The van der Waals surface area contributed by atoms with Crippen molar-refractivity contribution in [3.63, 3.8) is 0 Å². The molecule has 12 fully saturated rings. The second-order valence-corrected chi connectivity index (χ2v) is 34.2. The van der Waals surface area contributed by atoms with E-state index in [0.29, 0.717) is 54.8 Å². The number of carbonyl (C=O) groups excluding carboxylic acids is 3. The molecule has 1 radical (unpaired) electrons. The molecule has 503 valence electrons. The molecule has 0 amide bonds. The van der Waals surface area contributed by atoms with Gasteiger partial charge in [-0.3, -0.25) is 0 Å². The van der Waals surface area contributed by atoms with Gasteiger partial charge in [-0.05, 0) is 312 Å². The minimum Gasteiger partial charge on any atom is -0.550 e. The molecule has 12 aliphatic carbocycles. The van der Waals surface area contributed by atoms with Gasteiger partial charge in [0.2, 0.25) is 0 Å². The summed E-state index contributed by atoms with van der Waals surface area (Å²) in [6, 6.07) is 0. The number of aliphatic hydroxyl groups is 9. The van der Waals surface area contributed by atoms with Gasteiger partial charge >= 0.3 is 39.9 Å². The first-order valence-corrected chi connectivity index (χ1v) is 35.5. The molecule has 15 nitrogen and oxygen atoms in total. The summed E-state index contributed by atoms with van der Waals surface area (Å²) in [6.45, 7) is 20.0. The molecule has 0 aromatic rings. The molecule has 0 heterocycles. The number of hydrogen-bond acceptors (Lipinski definition) is 15. The van der Waals surface area contributed by atoms with Crippen LogP contribution in [0.25, 0.3) is 0 Å². The maximum atomic E-state index is 11.5. The monoisotopic (exact) mass is 1380 g/mol. The van der Waals surface area contributed by atoms with Gasteiger partial charge in [0.1, 0.15) is 0 Å². The van der Waals surface area contributed by atoms with Gasteiger partial charge < -0.3 is 75.7 Å². The number of carboxylic acids is 3. The summed E-state index contributed by atoms with van der Waals surface area (Å²) in [4.78, 5) is 32.9. The molecule has 0 unspecified atom stereocenters. The number of rotatable bonds is 12. The molecule has 0 spiro atoms. The first-order chi connectivity index (χ1) is 40.8. The fourth-order valence-corrected chi connectivity index (χ4v) is 26.0. The minimum atomic E-state index is -0.998. The zero-order valence-corrected chi connectivity index (χ0v) is 57.3. The van der Waals surface area contributed by atoms with Crippen LogP contribution in [0.1, 0.15) is 236 Å². The SMILES string of the molecule is C[C@H](CCC(=O)[O-])[C@H]1CC[C@H]2[C@@H]3[C@H](O)C[C@@H]4C[C@H](O)CC[C@]4(C)[C@H]3C[C@H](O)[C@]12C.C[C@H](CCC(=O)[O-])[C@H]1CC[C@H]2[C@@H]3[C@H](O)C[C@@H]4C[C@H](O)CC[C@]4(C)[C@H]3C[C@H](O)[C@]12C.C[C@H](CCC(=O)[O-])[C@H]1CC[C@H]2[C@@H]3[C@H](O)C[C@@H]4C[C@H](O)CC[C@]4(C)[C@H]3C[C@H](O)[C@]12C.[Gd+3]. The van der Waals surface area contributed by atoms with Crippen molar-refractivity contribution in [2.24, 2.45) is 139 Å². The van der Waals surface area contributed by atoms with Gasteiger partial charge in [0.15, 0.2) is 0 Å². The first-order valence-electron chi connectivity index (χ1n) is 35.5. The Morgan fingerprint density at radius 1 is 0.364 bits per heavy atom. The molecule has 12 saturated carbocycles. The van der Waals surface area contributed by atoms with E-state index in [9.17, 15) is 75.7 Å². The summed E-state index contributed by atoms with van der Waals surface area (Å²) in [6.07, 6.45) is 17.2. The summed E-state index contributed by atoms with van der Waals surface area (Å²) in [5, 5.41) is 132. The average molecular weight is 1380 g/mol. The van der Waals surface area contributed by atoms with E-state index in [1.165, 1.54) is 0 Å². The molecular weight excluding hydrogens is 1260 g/mol. The zero-order valence-electron chi connectivity index (χ0n) is 55.0. The van der Waals surface area contributed by atoms with E-state index in [1.54, 1.807) is 0 Å². The first kappa shape index (κ1) is 71.7. The number of aliphatic hydroxyl groups excluding tert-OH is 9. The molecule has 0 aromatic carbocycles.